The van der Waals surface area contributed by atoms with E-state index in [4.69, 9.17) is 9.47 Å². The fraction of sp³-hybridized carbons (Fsp3) is 0.333. The number of nitrogens with zero attached hydrogens (tertiary/aromatic N) is 1. The van der Waals surface area contributed by atoms with Crippen LogP contribution in [0.25, 0.3) is 0 Å². The first-order valence-electron chi connectivity index (χ1n) is 5.32. The third kappa shape index (κ3) is 2.38. The lowest BCUT2D eigenvalue weighted by Gasteiger charge is -2.10. The van der Waals surface area contributed by atoms with E-state index < -0.39 is 0 Å². The number of oxime groups is 1. The Morgan fingerprint density at radius 2 is 2.24 bits per heavy atom. The molecule has 5 heteroatoms. The number of carbonyl (C=O) groups excluding carboxylic acids is 1. The molecular formula is C12H13NO4. The van der Waals surface area contributed by atoms with Crippen LogP contribution >= 0.6 is 0 Å². The average molecular weight is 235 g/mol. The molecule has 0 aliphatic carbocycles. The minimum Gasteiger partial charge on any atom is -0.493 e. The molecule has 0 bridgehead atoms. The van der Waals surface area contributed by atoms with Gasteiger partial charge < -0.3 is 14.3 Å². The van der Waals surface area contributed by atoms with Gasteiger partial charge >= 0.3 is 5.97 Å². The molecule has 0 fully saturated rings. The average Bonchev–Trinajstić information content (AvgIpc) is 2.77. The van der Waals surface area contributed by atoms with Crippen LogP contribution in [0.4, 0.5) is 0 Å². The van der Waals surface area contributed by atoms with E-state index >= 15 is 0 Å². The predicted molar refractivity (Wildman–Crippen MR) is 61.4 cm³/mol. The van der Waals surface area contributed by atoms with Crippen LogP contribution in [-0.4, -0.2) is 25.4 Å². The molecule has 0 saturated heterocycles. The molecule has 1 aliphatic rings. The number of carbonyl (C=O) groups is 1. The molecule has 0 spiro atoms. The van der Waals surface area contributed by atoms with E-state index in [1.165, 1.54) is 0 Å². The molecule has 0 N–H and O–H groups in total. The first-order chi connectivity index (χ1) is 8.24. The largest absolute Gasteiger partial charge is 0.493 e. The van der Waals surface area contributed by atoms with Gasteiger partial charge in [-0.3, -0.25) is 0 Å². The van der Waals surface area contributed by atoms with Crippen molar-refractivity contribution in [1.29, 1.82) is 0 Å². The second-order valence-electron chi connectivity index (χ2n) is 3.48. The fourth-order valence-corrected chi connectivity index (χ4v) is 1.58. The van der Waals surface area contributed by atoms with Gasteiger partial charge in [-0.2, -0.15) is 0 Å². The summed E-state index contributed by atoms with van der Waals surface area (Å²) in [5.41, 5.74) is 1.41. The maximum Gasteiger partial charge on any atom is 0.341 e. The van der Waals surface area contributed by atoms with Crippen molar-refractivity contribution in [2.45, 2.75) is 13.3 Å². The molecule has 17 heavy (non-hydrogen) atoms. The summed E-state index contributed by atoms with van der Waals surface area (Å²) in [4.78, 5) is 15.5. The number of rotatable bonds is 4. The molecule has 2 rings (SSSR count). The highest BCUT2D eigenvalue weighted by atomic mass is 16.7. The first kappa shape index (κ1) is 11.4. The molecule has 1 aromatic rings. The Morgan fingerprint density at radius 3 is 2.82 bits per heavy atom. The minimum absolute atomic E-state index is 0.192. The van der Waals surface area contributed by atoms with Crippen molar-refractivity contribution in [3.8, 4) is 11.5 Å². The van der Waals surface area contributed by atoms with Crippen LogP contribution in [0, 0.1) is 0 Å². The highest BCUT2D eigenvalue weighted by molar-refractivity contribution is 6.11. The molecule has 0 amide bonds. The summed E-state index contributed by atoms with van der Waals surface area (Å²) in [6.07, 6.45) is 0.192. The zero-order chi connectivity index (χ0) is 12.3. The quantitative estimate of drug-likeness (QED) is 0.746. The van der Waals surface area contributed by atoms with Gasteiger partial charge in [0.1, 0.15) is 0 Å². The third-order valence-electron chi connectivity index (χ3n) is 2.37. The Kier molecular flexibility index (Phi) is 3.27. The standard InChI is InChI=1S/C12H13NO4/c1-3-16-10-5-4-8(6-11(10)15-2)9-7-12(14)17-13-9/h4-6H,3,7H2,1-2H3. The van der Waals surface area contributed by atoms with Crippen LogP contribution in [0.5, 0.6) is 11.5 Å². The predicted octanol–water partition coefficient (Wildman–Crippen LogP) is 1.74. The Bertz CT molecular complexity index is 468. The number of hydrogen-bond acceptors (Lipinski definition) is 5. The van der Waals surface area contributed by atoms with E-state index in [2.05, 4.69) is 9.99 Å². The third-order valence-corrected chi connectivity index (χ3v) is 2.37. The van der Waals surface area contributed by atoms with E-state index in [0.29, 0.717) is 23.8 Å². The van der Waals surface area contributed by atoms with E-state index in [1.807, 2.05) is 13.0 Å². The van der Waals surface area contributed by atoms with E-state index in [0.717, 1.165) is 5.56 Å². The monoisotopic (exact) mass is 235 g/mol. The van der Waals surface area contributed by atoms with Gasteiger partial charge in [0.15, 0.2) is 11.5 Å². The fourth-order valence-electron chi connectivity index (χ4n) is 1.58. The summed E-state index contributed by atoms with van der Waals surface area (Å²) >= 11 is 0. The molecule has 5 nitrogen and oxygen atoms in total. The SMILES string of the molecule is CCOc1ccc(C2=NOC(=O)C2)cc1OC. The summed E-state index contributed by atoms with van der Waals surface area (Å²) in [5, 5.41) is 3.71. The van der Waals surface area contributed by atoms with Crippen LogP contribution in [0.1, 0.15) is 18.9 Å². The number of ether oxygens (including phenoxy) is 2. The van der Waals surface area contributed by atoms with Gasteiger partial charge in [0.05, 0.1) is 25.8 Å². The van der Waals surface area contributed by atoms with Gasteiger partial charge in [0.25, 0.3) is 0 Å². The van der Waals surface area contributed by atoms with Crippen molar-refractivity contribution in [3.05, 3.63) is 23.8 Å². The van der Waals surface area contributed by atoms with Crippen LogP contribution in [0.2, 0.25) is 0 Å². The van der Waals surface area contributed by atoms with Crippen LogP contribution in [0.15, 0.2) is 23.4 Å². The number of hydrogen-bond donors (Lipinski definition) is 0. The maximum absolute atomic E-state index is 11.0. The number of methoxy groups -OCH3 is 1. The Hall–Kier alpha value is -2.04. The van der Waals surface area contributed by atoms with Gasteiger partial charge in [-0.15, -0.1) is 0 Å². The van der Waals surface area contributed by atoms with Gasteiger partial charge in [0, 0.05) is 5.56 Å². The maximum atomic E-state index is 11.0. The highest BCUT2D eigenvalue weighted by Gasteiger charge is 2.20. The lowest BCUT2D eigenvalue weighted by atomic mass is 10.1. The van der Waals surface area contributed by atoms with Gasteiger partial charge in [-0.25, -0.2) is 4.79 Å². The second-order valence-corrected chi connectivity index (χ2v) is 3.48. The summed E-state index contributed by atoms with van der Waals surface area (Å²) in [6, 6.07) is 5.41. The first-order valence-corrected chi connectivity index (χ1v) is 5.32. The summed E-state index contributed by atoms with van der Waals surface area (Å²) in [5.74, 6) is 0.948. The normalized spacial score (nSPS) is 14.2. The van der Waals surface area contributed by atoms with Gasteiger partial charge in [-0.05, 0) is 25.1 Å². The van der Waals surface area contributed by atoms with Crippen molar-refractivity contribution in [2.75, 3.05) is 13.7 Å². The topological polar surface area (TPSA) is 57.1 Å². The van der Waals surface area contributed by atoms with Crippen LogP contribution in [-0.2, 0) is 9.63 Å². The Labute approximate surface area is 99.0 Å². The van der Waals surface area contributed by atoms with Crippen molar-refractivity contribution < 1.29 is 19.1 Å². The molecule has 1 aliphatic heterocycles. The summed E-state index contributed by atoms with van der Waals surface area (Å²) < 4.78 is 10.6. The second kappa shape index (κ2) is 4.86. The zero-order valence-corrected chi connectivity index (χ0v) is 9.73. The van der Waals surface area contributed by atoms with Crippen LogP contribution < -0.4 is 9.47 Å². The van der Waals surface area contributed by atoms with E-state index in [-0.39, 0.29) is 12.4 Å². The zero-order valence-electron chi connectivity index (χ0n) is 9.73. The molecule has 0 unspecified atom stereocenters. The van der Waals surface area contributed by atoms with Gasteiger partial charge in [0.2, 0.25) is 0 Å². The van der Waals surface area contributed by atoms with E-state index in [1.54, 1.807) is 19.2 Å². The van der Waals surface area contributed by atoms with E-state index in [9.17, 15) is 4.79 Å². The molecule has 1 heterocycles. The number of benzene rings is 1. The summed E-state index contributed by atoms with van der Waals surface area (Å²) in [7, 11) is 1.57. The van der Waals surface area contributed by atoms with Gasteiger partial charge in [-0.1, -0.05) is 5.16 Å². The molecular weight excluding hydrogens is 222 g/mol. The molecule has 0 aromatic heterocycles. The lowest BCUT2D eigenvalue weighted by molar-refractivity contribution is -0.140. The summed E-state index contributed by atoms with van der Waals surface area (Å²) in [6.45, 7) is 2.47. The smallest absolute Gasteiger partial charge is 0.341 e. The molecule has 0 saturated carbocycles. The van der Waals surface area contributed by atoms with Crippen molar-refractivity contribution >= 4 is 11.7 Å². The Morgan fingerprint density at radius 1 is 1.41 bits per heavy atom. The molecule has 0 radical (unpaired) electrons. The molecule has 1 aromatic carbocycles. The lowest BCUT2D eigenvalue weighted by Crippen LogP contribution is -2.02. The van der Waals surface area contributed by atoms with Crippen LogP contribution in [0.3, 0.4) is 0 Å². The molecule has 0 atom stereocenters. The minimum atomic E-state index is -0.340. The Balaban J connectivity index is 2.28. The highest BCUT2D eigenvalue weighted by Crippen LogP contribution is 2.29. The van der Waals surface area contributed by atoms with Crippen molar-refractivity contribution in [2.24, 2.45) is 5.16 Å². The van der Waals surface area contributed by atoms with Crippen molar-refractivity contribution in [3.63, 3.8) is 0 Å². The molecule has 90 valence electrons. The van der Waals surface area contributed by atoms with Crippen molar-refractivity contribution in [1.82, 2.24) is 0 Å².